The summed E-state index contributed by atoms with van der Waals surface area (Å²) in [7, 11) is 0. The lowest BCUT2D eigenvalue weighted by Crippen LogP contribution is -2.28. The van der Waals surface area contributed by atoms with Crippen molar-refractivity contribution < 1.29 is 13.9 Å². The lowest BCUT2D eigenvalue weighted by Gasteiger charge is -2.20. The predicted octanol–water partition coefficient (Wildman–Crippen LogP) is 4.63. The van der Waals surface area contributed by atoms with Crippen LogP contribution in [0.25, 0.3) is 21.7 Å². The molecule has 4 heteroatoms. The Morgan fingerprint density at radius 3 is 2.60 bits per heavy atom. The number of esters is 1. The van der Waals surface area contributed by atoms with Crippen LogP contribution >= 0.6 is 0 Å². The average Bonchev–Trinajstić information content (AvgIpc) is 2.52. The van der Waals surface area contributed by atoms with E-state index in [1.165, 1.54) is 0 Å². The van der Waals surface area contributed by atoms with Crippen molar-refractivity contribution in [3.8, 4) is 0 Å². The van der Waals surface area contributed by atoms with Gasteiger partial charge in [-0.3, -0.25) is 0 Å². The zero-order valence-corrected chi connectivity index (χ0v) is 14.6. The highest BCUT2D eigenvalue weighted by Gasteiger charge is 2.26. The van der Waals surface area contributed by atoms with Crippen LogP contribution in [0.5, 0.6) is 0 Å². The van der Waals surface area contributed by atoms with Gasteiger partial charge in [0.15, 0.2) is 0 Å². The number of benzene rings is 2. The fraction of sp³-hybridized carbons (Fsp3) is 0.238. The van der Waals surface area contributed by atoms with E-state index >= 15 is 0 Å². The maximum atomic E-state index is 12.6. The standard InChI is InChI=1S/C21H20O4/c1-5-8-15-17-14-10-7-6-9-13(14)11-12-16(17)24-19(22)18(15)20(23)25-21(2,3)4/h5-7,9-12H,1,8H2,2-4H3. The molecule has 3 rings (SSSR count). The van der Waals surface area contributed by atoms with E-state index in [1.807, 2.05) is 30.3 Å². The minimum absolute atomic E-state index is 0.0568. The van der Waals surface area contributed by atoms with Crippen LogP contribution in [-0.4, -0.2) is 11.6 Å². The van der Waals surface area contributed by atoms with Crippen LogP contribution in [0.1, 0.15) is 36.7 Å². The second kappa shape index (κ2) is 6.20. The molecule has 0 unspecified atom stereocenters. The summed E-state index contributed by atoms with van der Waals surface area (Å²) < 4.78 is 10.9. The Morgan fingerprint density at radius 1 is 1.20 bits per heavy atom. The van der Waals surface area contributed by atoms with Gasteiger partial charge >= 0.3 is 11.6 Å². The van der Waals surface area contributed by atoms with E-state index in [9.17, 15) is 9.59 Å². The fourth-order valence-electron chi connectivity index (χ4n) is 2.93. The summed E-state index contributed by atoms with van der Waals surface area (Å²) in [4.78, 5) is 25.1. The molecule has 1 aromatic heterocycles. The maximum absolute atomic E-state index is 12.6. The number of allylic oxidation sites excluding steroid dienone is 1. The zero-order valence-electron chi connectivity index (χ0n) is 14.6. The van der Waals surface area contributed by atoms with Gasteiger partial charge in [-0.25, -0.2) is 9.59 Å². The fourth-order valence-corrected chi connectivity index (χ4v) is 2.93. The van der Waals surface area contributed by atoms with Gasteiger partial charge in [-0.1, -0.05) is 36.4 Å². The number of carbonyl (C=O) groups excluding carboxylic acids is 1. The molecule has 0 fully saturated rings. The normalized spacial score (nSPS) is 11.6. The molecule has 0 aliphatic heterocycles. The summed E-state index contributed by atoms with van der Waals surface area (Å²) >= 11 is 0. The molecule has 0 saturated heterocycles. The summed E-state index contributed by atoms with van der Waals surface area (Å²) in [6.07, 6.45) is 2.04. The Bertz CT molecular complexity index is 1040. The van der Waals surface area contributed by atoms with Crippen LogP contribution in [0.3, 0.4) is 0 Å². The summed E-state index contributed by atoms with van der Waals surface area (Å²) in [6.45, 7) is 9.04. The third-order valence-corrected chi connectivity index (χ3v) is 3.85. The molecule has 2 aromatic carbocycles. The number of hydrogen-bond acceptors (Lipinski definition) is 4. The lowest BCUT2D eigenvalue weighted by molar-refractivity contribution is 0.00644. The molecule has 0 aliphatic carbocycles. The molecule has 0 saturated carbocycles. The second-order valence-corrected chi connectivity index (χ2v) is 6.90. The van der Waals surface area contributed by atoms with Crippen molar-refractivity contribution >= 4 is 27.7 Å². The van der Waals surface area contributed by atoms with Crippen molar-refractivity contribution in [2.24, 2.45) is 0 Å². The Balaban J connectivity index is 2.40. The first-order valence-corrected chi connectivity index (χ1v) is 8.13. The first-order valence-electron chi connectivity index (χ1n) is 8.13. The van der Waals surface area contributed by atoms with Crippen LogP contribution in [0.15, 0.2) is 58.3 Å². The summed E-state index contributed by atoms with van der Waals surface area (Å²) in [6, 6.07) is 11.4. The van der Waals surface area contributed by atoms with Crippen molar-refractivity contribution in [2.75, 3.05) is 0 Å². The van der Waals surface area contributed by atoms with Crippen LogP contribution in [0, 0.1) is 0 Å². The number of ether oxygens (including phenoxy) is 1. The molecule has 0 atom stereocenters. The van der Waals surface area contributed by atoms with Gasteiger partial charge in [0, 0.05) is 5.39 Å². The van der Waals surface area contributed by atoms with E-state index in [0.717, 1.165) is 16.2 Å². The van der Waals surface area contributed by atoms with Gasteiger partial charge in [0.25, 0.3) is 0 Å². The molecule has 0 aliphatic rings. The Kier molecular flexibility index (Phi) is 4.21. The van der Waals surface area contributed by atoms with Gasteiger partial charge in [-0.05, 0) is 49.6 Å². The SMILES string of the molecule is C=CCc1c(C(=O)OC(C)(C)C)c(=O)oc2ccc3ccccc3c12. The molecule has 0 spiro atoms. The van der Waals surface area contributed by atoms with Gasteiger partial charge in [0.05, 0.1) is 0 Å². The highest BCUT2D eigenvalue weighted by atomic mass is 16.6. The molecule has 4 nitrogen and oxygen atoms in total. The van der Waals surface area contributed by atoms with Crippen LogP contribution in [-0.2, 0) is 11.2 Å². The maximum Gasteiger partial charge on any atom is 0.351 e. The van der Waals surface area contributed by atoms with Crippen molar-refractivity contribution in [3.63, 3.8) is 0 Å². The van der Waals surface area contributed by atoms with Crippen molar-refractivity contribution in [1.82, 2.24) is 0 Å². The summed E-state index contributed by atoms with van der Waals surface area (Å²) in [5, 5.41) is 2.67. The van der Waals surface area contributed by atoms with E-state index in [0.29, 0.717) is 17.6 Å². The van der Waals surface area contributed by atoms with Gasteiger partial charge < -0.3 is 9.15 Å². The Hall–Kier alpha value is -2.88. The van der Waals surface area contributed by atoms with Crippen LogP contribution in [0.2, 0.25) is 0 Å². The van der Waals surface area contributed by atoms with Crippen molar-refractivity contribution in [1.29, 1.82) is 0 Å². The first kappa shape index (κ1) is 17.0. The van der Waals surface area contributed by atoms with Crippen molar-refractivity contribution in [3.05, 3.63) is 70.6 Å². The zero-order chi connectivity index (χ0) is 18.2. The molecule has 3 aromatic rings. The highest BCUT2D eigenvalue weighted by Crippen LogP contribution is 2.30. The van der Waals surface area contributed by atoms with E-state index in [4.69, 9.17) is 9.15 Å². The Morgan fingerprint density at radius 2 is 1.92 bits per heavy atom. The molecule has 0 radical (unpaired) electrons. The molecule has 0 N–H and O–H groups in total. The van der Waals surface area contributed by atoms with E-state index in [2.05, 4.69) is 6.58 Å². The predicted molar refractivity (Wildman–Crippen MR) is 99.1 cm³/mol. The molecular formula is C21H20O4. The van der Waals surface area contributed by atoms with E-state index < -0.39 is 17.2 Å². The Labute approximate surface area is 145 Å². The van der Waals surface area contributed by atoms with Crippen molar-refractivity contribution in [2.45, 2.75) is 32.8 Å². The van der Waals surface area contributed by atoms with E-state index in [-0.39, 0.29) is 5.56 Å². The number of fused-ring (bicyclic) bond motifs is 3. The lowest BCUT2D eigenvalue weighted by atomic mass is 9.96. The topological polar surface area (TPSA) is 56.5 Å². The number of carbonyl (C=O) groups is 1. The van der Waals surface area contributed by atoms with Crippen LogP contribution in [0.4, 0.5) is 0 Å². The van der Waals surface area contributed by atoms with Gasteiger partial charge in [-0.2, -0.15) is 0 Å². The van der Waals surface area contributed by atoms with Gasteiger partial charge in [-0.15, -0.1) is 6.58 Å². The molecule has 128 valence electrons. The molecular weight excluding hydrogens is 316 g/mol. The number of rotatable bonds is 3. The largest absolute Gasteiger partial charge is 0.456 e. The smallest absolute Gasteiger partial charge is 0.351 e. The van der Waals surface area contributed by atoms with Gasteiger partial charge in [0.2, 0.25) is 0 Å². The summed E-state index contributed by atoms with van der Waals surface area (Å²) in [5.41, 5.74) is -0.407. The summed E-state index contributed by atoms with van der Waals surface area (Å²) in [5.74, 6) is -0.673. The quantitative estimate of drug-likeness (QED) is 0.303. The van der Waals surface area contributed by atoms with E-state index in [1.54, 1.807) is 32.9 Å². The molecule has 1 heterocycles. The van der Waals surface area contributed by atoms with Crippen LogP contribution < -0.4 is 5.63 Å². The minimum atomic E-state index is -0.706. The first-order chi connectivity index (χ1) is 11.8. The minimum Gasteiger partial charge on any atom is -0.456 e. The highest BCUT2D eigenvalue weighted by molar-refractivity contribution is 6.09. The average molecular weight is 336 g/mol. The third kappa shape index (κ3) is 3.20. The van der Waals surface area contributed by atoms with Gasteiger partial charge in [0.1, 0.15) is 16.7 Å². The third-order valence-electron chi connectivity index (χ3n) is 3.85. The monoisotopic (exact) mass is 336 g/mol. The molecule has 25 heavy (non-hydrogen) atoms. The molecule has 0 amide bonds. The second-order valence-electron chi connectivity index (χ2n) is 6.90. The number of hydrogen-bond donors (Lipinski definition) is 0. The molecule has 0 bridgehead atoms.